The summed E-state index contributed by atoms with van der Waals surface area (Å²) in [5.41, 5.74) is 3.36. The van der Waals surface area contributed by atoms with Crippen LogP contribution in [0.1, 0.15) is 36.8 Å². The number of piperidine rings is 1. The molecule has 0 aliphatic carbocycles. The highest BCUT2D eigenvalue weighted by Gasteiger charge is 2.26. The Morgan fingerprint density at radius 1 is 1.19 bits per heavy atom. The Morgan fingerprint density at radius 3 is 2.67 bits per heavy atom. The van der Waals surface area contributed by atoms with Gasteiger partial charge in [-0.25, -0.2) is 0 Å². The lowest BCUT2D eigenvalue weighted by Crippen LogP contribution is -2.47. The first-order valence-electron chi connectivity index (χ1n) is 10.1. The fourth-order valence-corrected chi connectivity index (χ4v) is 4.10. The summed E-state index contributed by atoms with van der Waals surface area (Å²) in [7, 11) is 0. The van der Waals surface area contributed by atoms with Crippen LogP contribution in [0.2, 0.25) is 0 Å². The summed E-state index contributed by atoms with van der Waals surface area (Å²) in [6.45, 7) is 7.55. The van der Waals surface area contributed by atoms with Gasteiger partial charge in [0.2, 0.25) is 11.8 Å². The molecule has 2 aliphatic rings. The highest BCUT2D eigenvalue weighted by molar-refractivity contribution is 5.82. The molecule has 1 aromatic rings. The number of para-hydroxylation sites is 1. The number of carbonyl (C=O) groups excluding carboxylic acids is 2. The standard InChI is InChI=1S/C21H32N4O2/c1-15-6-3-7-16(2)20(15)23-13-19(26)25-11-5-8-17(14-25)12-24-21(27)18-9-4-10-22-18/h3,6-7,17-18,22-23H,4-5,8-14H2,1-2H3,(H,24,27). The Morgan fingerprint density at radius 2 is 1.96 bits per heavy atom. The lowest BCUT2D eigenvalue weighted by Gasteiger charge is -2.33. The summed E-state index contributed by atoms with van der Waals surface area (Å²) in [4.78, 5) is 26.8. The Bertz CT molecular complexity index is 650. The number of rotatable bonds is 6. The van der Waals surface area contributed by atoms with Crippen molar-refractivity contribution in [3.8, 4) is 0 Å². The van der Waals surface area contributed by atoms with E-state index in [9.17, 15) is 9.59 Å². The van der Waals surface area contributed by atoms with E-state index < -0.39 is 0 Å². The molecule has 2 heterocycles. The molecule has 0 radical (unpaired) electrons. The first-order chi connectivity index (χ1) is 13.0. The largest absolute Gasteiger partial charge is 0.376 e. The van der Waals surface area contributed by atoms with E-state index in [0.29, 0.717) is 19.0 Å². The van der Waals surface area contributed by atoms with Crippen LogP contribution in [0.25, 0.3) is 0 Å². The molecule has 2 atom stereocenters. The molecule has 27 heavy (non-hydrogen) atoms. The number of anilines is 1. The Kier molecular flexibility index (Phi) is 6.72. The van der Waals surface area contributed by atoms with E-state index in [4.69, 9.17) is 0 Å². The van der Waals surface area contributed by atoms with Gasteiger partial charge in [-0.3, -0.25) is 9.59 Å². The zero-order valence-corrected chi connectivity index (χ0v) is 16.5. The zero-order chi connectivity index (χ0) is 19.2. The number of benzene rings is 1. The maximum absolute atomic E-state index is 12.7. The van der Waals surface area contributed by atoms with Gasteiger partial charge in [0.1, 0.15) is 0 Å². The van der Waals surface area contributed by atoms with E-state index >= 15 is 0 Å². The van der Waals surface area contributed by atoms with E-state index in [1.807, 2.05) is 11.0 Å². The second kappa shape index (κ2) is 9.22. The topological polar surface area (TPSA) is 73.5 Å². The van der Waals surface area contributed by atoms with Crippen molar-refractivity contribution in [2.24, 2.45) is 5.92 Å². The van der Waals surface area contributed by atoms with Crippen molar-refractivity contribution < 1.29 is 9.59 Å². The molecule has 1 aromatic carbocycles. The smallest absolute Gasteiger partial charge is 0.241 e. The van der Waals surface area contributed by atoms with Crippen molar-refractivity contribution in [3.05, 3.63) is 29.3 Å². The second-order valence-corrected chi connectivity index (χ2v) is 7.86. The molecular formula is C21H32N4O2. The van der Waals surface area contributed by atoms with Crippen LogP contribution < -0.4 is 16.0 Å². The lowest BCUT2D eigenvalue weighted by atomic mass is 9.97. The van der Waals surface area contributed by atoms with Crippen LogP contribution in [0.3, 0.4) is 0 Å². The van der Waals surface area contributed by atoms with E-state index in [0.717, 1.165) is 62.1 Å². The third kappa shape index (κ3) is 5.22. The van der Waals surface area contributed by atoms with Crippen LogP contribution in [0.15, 0.2) is 18.2 Å². The van der Waals surface area contributed by atoms with E-state index in [1.165, 1.54) is 0 Å². The van der Waals surface area contributed by atoms with Crippen LogP contribution in [-0.2, 0) is 9.59 Å². The molecule has 0 spiro atoms. The van der Waals surface area contributed by atoms with Gasteiger partial charge in [-0.1, -0.05) is 18.2 Å². The summed E-state index contributed by atoms with van der Waals surface area (Å²) in [5.74, 6) is 0.576. The van der Waals surface area contributed by atoms with Crippen molar-refractivity contribution in [3.63, 3.8) is 0 Å². The molecule has 6 nitrogen and oxygen atoms in total. The quantitative estimate of drug-likeness (QED) is 0.712. The van der Waals surface area contributed by atoms with Crippen molar-refractivity contribution in [2.45, 2.75) is 45.6 Å². The molecule has 148 valence electrons. The minimum Gasteiger partial charge on any atom is -0.376 e. The Balaban J connectivity index is 1.45. The van der Waals surface area contributed by atoms with Gasteiger partial charge in [-0.05, 0) is 63.1 Å². The summed E-state index contributed by atoms with van der Waals surface area (Å²) >= 11 is 0. The molecule has 3 rings (SSSR count). The van der Waals surface area contributed by atoms with Crippen molar-refractivity contribution in [1.29, 1.82) is 0 Å². The minimum absolute atomic E-state index is 0.0344. The first-order valence-corrected chi connectivity index (χ1v) is 10.1. The molecule has 0 saturated carbocycles. The molecule has 6 heteroatoms. The SMILES string of the molecule is Cc1cccc(C)c1NCC(=O)N1CCCC(CNC(=O)C2CCCN2)C1. The lowest BCUT2D eigenvalue weighted by molar-refractivity contribution is -0.131. The summed E-state index contributed by atoms with van der Waals surface area (Å²) < 4.78 is 0. The van der Waals surface area contributed by atoms with Gasteiger partial charge in [0.25, 0.3) is 0 Å². The molecule has 0 bridgehead atoms. The van der Waals surface area contributed by atoms with Gasteiger partial charge in [0.05, 0.1) is 12.6 Å². The maximum Gasteiger partial charge on any atom is 0.241 e. The van der Waals surface area contributed by atoms with Crippen LogP contribution in [0.4, 0.5) is 5.69 Å². The molecule has 2 amide bonds. The number of hydrogen-bond donors (Lipinski definition) is 3. The van der Waals surface area contributed by atoms with Crippen molar-refractivity contribution in [2.75, 3.05) is 38.0 Å². The predicted molar refractivity (Wildman–Crippen MR) is 108 cm³/mol. The molecule has 2 aliphatic heterocycles. The van der Waals surface area contributed by atoms with Gasteiger partial charge in [-0.2, -0.15) is 0 Å². The number of hydrogen-bond acceptors (Lipinski definition) is 4. The van der Waals surface area contributed by atoms with Crippen molar-refractivity contribution in [1.82, 2.24) is 15.5 Å². The van der Waals surface area contributed by atoms with Gasteiger partial charge < -0.3 is 20.9 Å². The van der Waals surface area contributed by atoms with Crippen molar-refractivity contribution >= 4 is 17.5 Å². The number of amides is 2. The highest BCUT2D eigenvalue weighted by atomic mass is 16.2. The number of nitrogens with zero attached hydrogens (tertiary/aromatic N) is 1. The summed E-state index contributed by atoms with van der Waals surface area (Å²) in [6.07, 6.45) is 4.05. The molecule has 2 saturated heterocycles. The van der Waals surface area contributed by atoms with Crippen LogP contribution >= 0.6 is 0 Å². The molecule has 3 N–H and O–H groups in total. The average Bonchev–Trinajstić information content (AvgIpc) is 3.20. The Labute approximate surface area is 162 Å². The number of aryl methyl sites for hydroxylation is 2. The van der Waals surface area contributed by atoms with E-state index in [-0.39, 0.29) is 17.9 Å². The third-order valence-electron chi connectivity index (χ3n) is 5.71. The average molecular weight is 373 g/mol. The number of carbonyl (C=O) groups is 2. The predicted octanol–water partition coefficient (Wildman–Crippen LogP) is 1.82. The van der Waals surface area contributed by atoms with Gasteiger partial charge in [0.15, 0.2) is 0 Å². The monoisotopic (exact) mass is 372 g/mol. The third-order valence-corrected chi connectivity index (χ3v) is 5.71. The molecule has 2 fully saturated rings. The molecule has 2 unspecified atom stereocenters. The summed E-state index contributed by atoms with van der Waals surface area (Å²) in [6, 6.07) is 6.10. The minimum atomic E-state index is -0.0344. The Hall–Kier alpha value is -2.08. The fourth-order valence-electron chi connectivity index (χ4n) is 4.10. The van der Waals surface area contributed by atoms with E-state index in [2.05, 4.69) is 41.9 Å². The number of nitrogens with one attached hydrogen (secondary N) is 3. The fraction of sp³-hybridized carbons (Fsp3) is 0.619. The van der Waals surface area contributed by atoms with Gasteiger partial charge in [0, 0.05) is 25.3 Å². The molecule has 0 aromatic heterocycles. The van der Waals surface area contributed by atoms with Gasteiger partial charge in [-0.15, -0.1) is 0 Å². The van der Waals surface area contributed by atoms with Crippen LogP contribution in [-0.4, -0.2) is 55.5 Å². The zero-order valence-electron chi connectivity index (χ0n) is 16.5. The normalized spacial score (nSPS) is 22.5. The van der Waals surface area contributed by atoms with Crippen LogP contribution in [0, 0.1) is 19.8 Å². The number of likely N-dealkylation sites (tertiary alicyclic amines) is 1. The van der Waals surface area contributed by atoms with Gasteiger partial charge >= 0.3 is 0 Å². The summed E-state index contributed by atoms with van der Waals surface area (Å²) in [5, 5.41) is 9.61. The maximum atomic E-state index is 12.7. The second-order valence-electron chi connectivity index (χ2n) is 7.86. The highest BCUT2D eigenvalue weighted by Crippen LogP contribution is 2.20. The first kappa shape index (κ1) is 19.7. The van der Waals surface area contributed by atoms with Crippen LogP contribution in [0.5, 0.6) is 0 Å². The molecular weight excluding hydrogens is 340 g/mol. The van der Waals surface area contributed by atoms with E-state index in [1.54, 1.807) is 0 Å².